The van der Waals surface area contributed by atoms with Crippen LogP contribution in [0.4, 0.5) is 11.5 Å². The third-order valence-electron chi connectivity index (χ3n) is 5.61. The molecule has 2 heterocycles. The maximum atomic E-state index is 12.8. The molecule has 0 aliphatic carbocycles. The number of aromatic nitrogens is 2. The smallest absolute Gasteiger partial charge is 0.269 e. The van der Waals surface area contributed by atoms with E-state index in [2.05, 4.69) is 14.9 Å². The number of rotatable bonds is 7. The molecule has 0 N–H and O–H groups in total. The largest absolute Gasteiger partial charge is 0.354 e. The van der Waals surface area contributed by atoms with Crippen LogP contribution < -0.4 is 4.90 Å². The van der Waals surface area contributed by atoms with Crippen molar-refractivity contribution in [2.75, 3.05) is 31.1 Å². The van der Waals surface area contributed by atoms with Gasteiger partial charge in [0.1, 0.15) is 5.82 Å². The Morgan fingerprint density at radius 2 is 1.64 bits per heavy atom. The summed E-state index contributed by atoms with van der Waals surface area (Å²) in [6, 6.07) is 17.3. The first kappa shape index (κ1) is 22.8. The van der Waals surface area contributed by atoms with Crippen molar-refractivity contribution in [2.45, 2.75) is 19.1 Å². The lowest BCUT2D eigenvalue weighted by atomic mass is 10.2. The minimum Gasteiger partial charge on any atom is -0.354 e. The Kier molecular flexibility index (Phi) is 6.66. The van der Waals surface area contributed by atoms with Crippen LogP contribution >= 0.6 is 0 Å². The van der Waals surface area contributed by atoms with E-state index in [4.69, 9.17) is 0 Å². The highest BCUT2D eigenvalue weighted by molar-refractivity contribution is 7.88. The molecule has 2 aromatic carbocycles. The molecule has 1 aliphatic rings. The molecule has 1 aromatic heterocycles. The van der Waals surface area contributed by atoms with Crippen LogP contribution in [0.3, 0.4) is 0 Å². The van der Waals surface area contributed by atoms with Gasteiger partial charge in [0.15, 0.2) is 5.82 Å². The summed E-state index contributed by atoms with van der Waals surface area (Å²) >= 11 is 0. The summed E-state index contributed by atoms with van der Waals surface area (Å²) in [5.74, 6) is 1.22. The zero-order chi connectivity index (χ0) is 23.4. The van der Waals surface area contributed by atoms with Gasteiger partial charge in [0.25, 0.3) is 5.69 Å². The molecule has 0 unspecified atom stereocenters. The molecule has 3 aromatic rings. The number of piperazine rings is 1. The average Bonchev–Trinajstić information content (AvgIpc) is 2.84. The Balaban J connectivity index is 1.50. The fraction of sp³-hybridized carbons (Fsp3) is 0.304. The molecule has 0 radical (unpaired) electrons. The van der Waals surface area contributed by atoms with E-state index in [1.165, 1.54) is 16.4 Å². The van der Waals surface area contributed by atoms with E-state index < -0.39 is 14.9 Å². The van der Waals surface area contributed by atoms with Gasteiger partial charge < -0.3 is 4.90 Å². The van der Waals surface area contributed by atoms with Crippen molar-refractivity contribution in [3.05, 3.63) is 82.0 Å². The highest BCUT2D eigenvalue weighted by Crippen LogP contribution is 2.24. The van der Waals surface area contributed by atoms with E-state index >= 15 is 0 Å². The molecule has 9 nitrogen and oxygen atoms in total. The molecule has 1 saturated heterocycles. The Morgan fingerprint density at radius 1 is 0.970 bits per heavy atom. The van der Waals surface area contributed by atoms with Gasteiger partial charge in [-0.15, -0.1) is 0 Å². The first-order chi connectivity index (χ1) is 15.9. The predicted octanol–water partition coefficient (Wildman–Crippen LogP) is 3.27. The minimum atomic E-state index is -3.40. The van der Waals surface area contributed by atoms with Crippen molar-refractivity contribution in [1.29, 1.82) is 0 Å². The Morgan fingerprint density at radius 3 is 2.24 bits per heavy atom. The average molecular weight is 468 g/mol. The number of aryl methyl sites for hydroxylation is 1. The first-order valence-corrected chi connectivity index (χ1v) is 12.4. The first-order valence-electron chi connectivity index (χ1n) is 10.7. The molecule has 0 saturated carbocycles. The molecular weight excluding hydrogens is 442 g/mol. The van der Waals surface area contributed by atoms with Gasteiger partial charge >= 0.3 is 0 Å². The maximum Gasteiger partial charge on any atom is 0.269 e. The van der Waals surface area contributed by atoms with E-state index in [-0.39, 0.29) is 11.4 Å². The van der Waals surface area contributed by atoms with E-state index in [9.17, 15) is 18.5 Å². The van der Waals surface area contributed by atoms with Gasteiger partial charge in [0.05, 0.1) is 10.7 Å². The van der Waals surface area contributed by atoms with Crippen LogP contribution in [-0.2, 0) is 22.2 Å². The molecule has 0 bridgehead atoms. The number of hydrogen-bond acceptors (Lipinski definition) is 7. The van der Waals surface area contributed by atoms with Crippen LogP contribution in [0.5, 0.6) is 0 Å². The second kappa shape index (κ2) is 9.63. The zero-order valence-electron chi connectivity index (χ0n) is 18.3. The second-order valence-corrected chi connectivity index (χ2v) is 9.80. The highest BCUT2D eigenvalue weighted by Gasteiger charge is 2.28. The highest BCUT2D eigenvalue weighted by atomic mass is 32.2. The summed E-state index contributed by atoms with van der Waals surface area (Å²) in [7, 11) is -3.40. The lowest BCUT2D eigenvalue weighted by Gasteiger charge is -2.35. The molecule has 0 amide bonds. The van der Waals surface area contributed by atoms with Crippen molar-refractivity contribution in [3.63, 3.8) is 0 Å². The number of sulfonamides is 1. The molecule has 172 valence electrons. The van der Waals surface area contributed by atoms with Crippen molar-refractivity contribution < 1.29 is 13.3 Å². The van der Waals surface area contributed by atoms with Crippen molar-refractivity contribution in [3.8, 4) is 11.4 Å². The summed E-state index contributed by atoms with van der Waals surface area (Å²) in [6.45, 7) is 3.81. The number of anilines is 1. The van der Waals surface area contributed by atoms with Gasteiger partial charge in [-0.05, 0) is 24.1 Å². The van der Waals surface area contributed by atoms with Crippen LogP contribution in [0.2, 0.25) is 0 Å². The lowest BCUT2D eigenvalue weighted by Crippen LogP contribution is -2.49. The zero-order valence-corrected chi connectivity index (χ0v) is 19.1. The Bertz CT molecular complexity index is 1230. The third kappa shape index (κ3) is 5.35. The standard InChI is InChI=1S/C23H25N5O4S/c1-2-20-16-22(25-23(24-20)19-8-10-21(11-9-19)28(29)30)26-12-14-27(15-13-26)33(31,32)17-18-6-4-3-5-7-18/h3-11,16H,2,12-15,17H2,1H3. The molecule has 1 aliphatic heterocycles. The van der Waals surface area contributed by atoms with Crippen molar-refractivity contribution in [2.24, 2.45) is 0 Å². The number of benzene rings is 2. The van der Waals surface area contributed by atoms with Gasteiger partial charge in [0.2, 0.25) is 10.0 Å². The van der Waals surface area contributed by atoms with Crippen molar-refractivity contribution in [1.82, 2.24) is 14.3 Å². The minimum absolute atomic E-state index is 0.00831. The molecule has 4 rings (SSSR count). The van der Waals surface area contributed by atoms with Gasteiger partial charge in [-0.1, -0.05) is 37.3 Å². The van der Waals surface area contributed by atoms with E-state index in [1.807, 2.05) is 43.3 Å². The lowest BCUT2D eigenvalue weighted by molar-refractivity contribution is -0.384. The quantitative estimate of drug-likeness (QED) is 0.387. The van der Waals surface area contributed by atoms with Gasteiger partial charge in [-0.3, -0.25) is 10.1 Å². The van der Waals surface area contributed by atoms with Crippen LogP contribution in [0.1, 0.15) is 18.2 Å². The van der Waals surface area contributed by atoms with Gasteiger partial charge in [0, 0.05) is 55.6 Å². The van der Waals surface area contributed by atoms with Crippen LogP contribution in [0.15, 0.2) is 60.7 Å². The molecule has 0 atom stereocenters. The van der Waals surface area contributed by atoms with Crippen LogP contribution in [0, 0.1) is 10.1 Å². The number of hydrogen-bond donors (Lipinski definition) is 0. The topological polar surface area (TPSA) is 110 Å². The maximum absolute atomic E-state index is 12.8. The van der Waals surface area contributed by atoms with Crippen molar-refractivity contribution >= 4 is 21.5 Å². The summed E-state index contributed by atoms with van der Waals surface area (Å²) in [4.78, 5) is 21.8. The SMILES string of the molecule is CCc1cc(N2CCN(S(=O)(=O)Cc3ccccc3)CC2)nc(-c2ccc([N+](=O)[O-])cc2)n1. The van der Waals surface area contributed by atoms with E-state index in [0.717, 1.165) is 17.1 Å². The van der Waals surface area contributed by atoms with Crippen LogP contribution in [0.25, 0.3) is 11.4 Å². The normalized spacial score (nSPS) is 14.9. The van der Waals surface area contributed by atoms with E-state index in [0.29, 0.717) is 44.0 Å². The van der Waals surface area contributed by atoms with Crippen LogP contribution in [-0.4, -0.2) is 53.8 Å². The summed E-state index contributed by atoms with van der Waals surface area (Å²) in [5.41, 5.74) is 2.34. The molecular formula is C23H25N5O4S. The molecule has 1 fully saturated rings. The second-order valence-electron chi connectivity index (χ2n) is 7.83. The fourth-order valence-corrected chi connectivity index (χ4v) is 5.27. The number of nitro groups is 1. The monoisotopic (exact) mass is 467 g/mol. The predicted molar refractivity (Wildman–Crippen MR) is 126 cm³/mol. The number of nitro benzene ring substituents is 1. The van der Waals surface area contributed by atoms with Gasteiger partial charge in [-0.25, -0.2) is 18.4 Å². The molecule has 0 spiro atoms. The Labute approximate surface area is 192 Å². The number of non-ortho nitro benzene ring substituents is 1. The Hall–Kier alpha value is -3.37. The summed E-state index contributed by atoms with van der Waals surface area (Å²) in [6.07, 6.45) is 0.709. The third-order valence-corrected chi connectivity index (χ3v) is 7.46. The van der Waals surface area contributed by atoms with Gasteiger partial charge in [-0.2, -0.15) is 4.31 Å². The van der Waals surface area contributed by atoms with E-state index in [1.54, 1.807) is 12.1 Å². The number of nitrogens with zero attached hydrogens (tertiary/aromatic N) is 5. The fourth-order valence-electron chi connectivity index (χ4n) is 3.76. The summed E-state index contributed by atoms with van der Waals surface area (Å²) in [5, 5.41) is 10.9. The summed E-state index contributed by atoms with van der Waals surface area (Å²) < 4.78 is 27.2. The molecule has 10 heteroatoms. The molecule has 33 heavy (non-hydrogen) atoms.